The Balaban J connectivity index is 0.000000185. The number of anilines is 2. The molecule has 98 heavy (non-hydrogen) atoms. The van der Waals surface area contributed by atoms with E-state index < -0.39 is 6.03 Å². The highest BCUT2D eigenvalue weighted by molar-refractivity contribution is 6.31. The van der Waals surface area contributed by atoms with Crippen LogP contribution in [0.25, 0.3) is 23.3 Å². The molecule has 2 unspecified atom stereocenters. The van der Waals surface area contributed by atoms with Crippen molar-refractivity contribution in [3.8, 4) is 12.1 Å². The number of fused-ring (bicyclic) bond motifs is 4. The first kappa shape index (κ1) is 68.6. The second-order valence-corrected chi connectivity index (χ2v) is 26.8. The van der Waals surface area contributed by atoms with E-state index in [9.17, 15) is 24.9 Å². The summed E-state index contributed by atoms with van der Waals surface area (Å²) in [6.45, 7) is 14.7. The zero-order chi connectivity index (χ0) is 67.1. The molecule has 0 radical (unpaired) electrons. The van der Waals surface area contributed by atoms with Crippen molar-refractivity contribution in [1.82, 2.24) is 58.9 Å². The van der Waals surface area contributed by atoms with Gasteiger partial charge in [0.15, 0.2) is 0 Å². The second-order valence-electron chi connectivity index (χ2n) is 25.9. The van der Waals surface area contributed by atoms with Gasteiger partial charge in [0.2, 0.25) is 0 Å². The maximum absolute atomic E-state index is 14.3. The van der Waals surface area contributed by atoms with Gasteiger partial charge in [-0.25, -0.2) is 24.4 Å². The molecule has 4 aliphatic heterocycles. The number of piperazine rings is 2. The molecule has 6 aliphatic rings. The predicted octanol–water partition coefficient (Wildman–Crippen LogP) is 12.2. The first-order valence-corrected chi connectivity index (χ1v) is 34.3. The average molecular weight is 1370 g/mol. The van der Waals surface area contributed by atoms with E-state index in [1.54, 1.807) is 29.2 Å². The van der Waals surface area contributed by atoms with E-state index in [1.807, 2.05) is 119 Å². The van der Waals surface area contributed by atoms with Crippen LogP contribution in [-0.4, -0.2) is 163 Å². The molecule has 4 aromatic heterocycles. The zero-order valence-electron chi connectivity index (χ0n) is 55.1. The van der Waals surface area contributed by atoms with E-state index in [0.29, 0.717) is 119 Å². The Morgan fingerprint density at radius 3 is 1.35 bits per heavy atom. The van der Waals surface area contributed by atoms with Gasteiger partial charge in [-0.05, 0) is 206 Å². The number of halogens is 3. The van der Waals surface area contributed by atoms with Gasteiger partial charge in [-0.3, -0.25) is 29.6 Å². The molecule has 14 rings (SSSR count). The number of nitrogens with zero attached hydrogens (tertiary/aromatic N) is 15. The fourth-order valence-electron chi connectivity index (χ4n) is 14.6. The van der Waals surface area contributed by atoms with Crippen LogP contribution in [0.3, 0.4) is 0 Å². The number of carbonyl (C=O) groups excluding carboxylic acids is 3. The summed E-state index contributed by atoms with van der Waals surface area (Å²) in [5, 5.41) is 23.5. The van der Waals surface area contributed by atoms with Gasteiger partial charge in [0.1, 0.15) is 11.6 Å². The van der Waals surface area contributed by atoms with E-state index >= 15 is 0 Å². The third-order valence-electron chi connectivity index (χ3n) is 20.0. The lowest BCUT2D eigenvalue weighted by molar-refractivity contribution is 0.121. The number of urea groups is 3. The Bertz CT molecular complexity index is 4320. The van der Waals surface area contributed by atoms with Gasteiger partial charge >= 0.3 is 18.1 Å². The summed E-state index contributed by atoms with van der Waals surface area (Å²) < 4.78 is 4.29. The van der Waals surface area contributed by atoms with Gasteiger partial charge in [-0.15, -0.1) is 12.4 Å². The van der Waals surface area contributed by atoms with E-state index in [1.165, 1.54) is 5.56 Å². The van der Waals surface area contributed by atoms with Crippen molar-refractivity contribution in [2.75, 3.05) is 101 Å². The number of likely N-dealkylation sites (tertiary alicyclic amines) is 1. The molecule has 23 heteroatoms. The van der Waals surface area contributed by atoms with E-state index in [2.05, 4.69) is 94.9 Å². The third kappa shape index (κ3) is 15.2. The van der Waals surface area contributed by atoms with Gasteiger partial charge in [0.05, 0.1) is 46.7 Å². The monoisotopic (exact) mass is 1370 g/mol. The molecule has 2 aliphatic carbocycles. The smallest absolute Gasteiger partial charge is 0.324 e. The van der Waals surface area contributed by atoms with Crippen molar-refractivity contribution in [1.29, 1.82) is 10.5 Å². The summed E-state index contributed by atoms with van der Waals surface area (Å²) in [6, 6.07) is 38.8. The van der Waals surface area contributed by atoms with E-state index in [-0.39, 0.29) is 42.5 Å². The van der Waals surface area contributed by atoms with Crippen LogP contribution in [0, 0.1) is 48.3 Å². The Morgan fingerprint density at radius 2 is 0.959 bits per heavy atom. The Hall–Kier alpha value is -9.38. The highest BCUT2D eigenvalue weighted by Crippen LogP contribution is 2.44. The van der Waals surface area contributed by atoms with Crippen molar-refractivity contribution in [3.63, 3.8) is 0 Å². The number of nitrogens with one attached hydrogen (secondary N) is 1. The minimum Gasteiger partial charge on any atom is -0.351 e. The Kier molecular flexibility index (Phi) is 21.7. The standard InChI is InChI=1S/C38H40ClN9O2.C37H39ClN8O.ClH/c1-26-42-13-16-47(26)25-30-21-29-3-2-12-43-35(29)36(33-9-6-31(39)22-34(30)33)44-17-19-46(20-18-44)38(50)48(32-7-4-27(23-40)5-8-32)24-28-10-14-45(15-11-28)37(41)49;1-26-41-15-16-45(26)25-30-21-29-3-2-12-42-35(29)36(33-9-6-31(38)22-34(30)33)43-17-19-44(20-18-43)37(47)46(24-28-10-13-40-14-11-28)32-7-4-27(23-39)5-8-32;/h2-9,12-13,16,21-22,28,36H,10-11,14-15,17-20,24-25H2,1H3,(H2,41,49);2-9,12,15-16,21-22,28,36,40H,10-11,13-14,17-20,24-25H2,1H3;1H. The quantitative estimate of drug-likeness (QED) is 0.117. The van der Waals surface area contributed by atoms with Crippen molar-refractivity contribution < 1.29 is 14.4 Å². The molecule has 0 bridgehead atoms. The van der Waals surface area contributed by atoms with Crippen molar-refractivity contribution in [2.45, 2.75) is 64.7 Å². The normalized spacial score (nSPS) is 18.0. The molecule has 3 N–H and O–H groups in total. The molecule has 0 spiro atoms. The molecular formula is C75H80Cl3N17O3. The fourth-order valence-corrected chi connectivity index (χ4v) is 15.0. The minimum atomic E-state index is -0.404. The first-order chi connectivity index (χ1) is 47.3. The topological polar surface area (TPSA) is 221 Å². The first-order valence-electron chi connectivity index (χ1n) is 33.5. The van der Waals surface area contributed by atoms with Crippen molar-refractivity contribution in [3.05, 3.63) is 224 Å². The molecule has 4 saturated heterocycles. The molecule has 8 aromatic rings. The summed E-state index contributed by atoms with van der Waals surface area (Å²) in [4.78, 5) is 73.3. The number of aromatic nitrogens is 6. The van der Waals surface area contributed by atoms with Crippen LogP contribution >= 0.6 is 35.6 Å². The number of rotatable bonds is 12. The zero-order valence-corrected chi connectivity index (χ0v) is 57.5. The number of hydrogen-bond donors (Lipinski definition) is 2. The molecule has 504 valence electrons. The molecule has 6 amide bonds. The third-order valence-corrected chi connectivity index (χ3v) is 20.5. The van der Waals surface area contributed by atoms with Gasteiger partial charge in [0, 0.05) is 150 Å². The summed E-state index contributed by atoms with van der Waals surface area (Å²) >= 11 is 13.3. The fraction of sp³-hybridized carbons (Fsp3) is 0.347. The van der Waals surface area contributed by atoms with Crippen LogP contribution in [-0.2, 0) is 13.1 Å². The molecule has 0 saturated carbocycles. The van der Waals surface area contributed by atoms with E-state index in [4.69, 9.17) is 38.9 Å². The lowest BCUT2D eigenvalue weighted by Crippen LogP contribution is -2.55. The molecule has 4 aromatic carbocycles. The van der Waals surface area contributed by atoms with Crippen LogP contribution in [0.1, 0.15) is 105 Å². The summed E-state index contributed by atoms with van der Waals surface area (Å²) in [5.74, 6) is 2.55. The number of hydrogen-bond acceptors (Lipinski definition) is 12. The second kappa shape index (κ2) is 31.0. The SMILES string of the molecule is Cc1nccn1CC1=Cc2cccnc2C(N2CCN(C(=O)N(CC3CCN(C(N)=O)CC3)c3ccc(C#N)cc3)CC2)c2ccc(Cl)cc21.Cc1nccn1CC1=Cc2cccnc2C(N2CCN(C(=O)N(CC3CCNCC3)c3ccc(C#N)cc3)CC2)c2ccc(Cl)cc21.Cl. The summed E-state index contributed by atoms with van der Waals surface area (Å²) in [7, 11) is 0. The minimum absolute atomic E-state index is 0. The molecule has 20 nitrogen and oxygen atoms in total. The van der Waals surface area contributed by atoms with Crippen LogP contribution in [0.5, 0.6) is 0 Å². The van der Waals surface area contributed by atoms with E-state index in [0.717, 1.165) is 112 Å². The predicted molar refractivity (Wildman–Crippen MR) is 386 cm³/mol. The number of piperidine rings is 2. The average Bonchev–Trinajstić information content (AvgIpc) is 1.58. The maximum Gasteiger partial charge on any atom is 0.324 e. The van der Waals surface area contributed by atoms with Crippen LogP contribution < -0.4 is 20.9 Å². The van der Waals surface area contributed by atoms with Gasteiger partial charge in [-0.1, -0.05) is 47.5 Å². The largest absolute Gasteiger partial charge is 0.351 e. The number of benzene rings is 4. The summed E-state index contributed by atoms with van der Waals surface area (Å²) in [5.41, 5.74) is 19.2. The number of nitriles is 2. The summed E-state index contributed by atoms with van der Waals surface area (Å²) in [6.07, 6.45) is 19.5. The highest BCUT2D eigenvalue weighted by atomic mass is 35.5. The number of primary amides is 1. The Labute approximate surface area is 588 Å². The molecule has 4 fully saturated rings. The number of aryl methyl sites for hydroxylation is 2. The van der Waals surface area contributed by atoms with Crippen LogP contribution in [0.15, 0.2) is 146 Å². The number of allylic oxidation sites excluding steroid dienone is 2. The molecule has 8 heterocycles. The lowest BCUT2D eigenvalue weighted by atomic mass is 9.93. The van der Waals surface area contributed by atoms with Crippen molar-refractivity contribution >= 4 is 88.4 Å². The number of amides is 6. The van der Waals surface area contributed by atoms with Crippen LogP contribution in [0.2, 0.25) is 10.0 Å². The van der Waals surface area contributed by atoms with Gasteiger partial charge in [-0.2, -0.15) is 10.5 Å². The van der Waals surface area contributed by atoms with Gasteiger partial charge in [0.25, 0.3) is 0 Å². The lowest BCUT2D eigenvalue weighted by Gasteiger charge is -2.42. The Morgan fingerprint density at radius 1 is 0.541 bits per heavy atom. The maximum atomic E-state index is 14.3. The van der Waals surface area contributed by atoms with Gasteiger partial charge < -0.3 is 34.9 Å². The molecular weight excluding hydrogens is 1290 g/mol. The molecule has 2 atom stereocenters. The van der Waals surface area contributed by atoms with Crippen LogP contribution in [0.4, 0.5) is 25.8 Å². The number of nitrogens with two attached hydrogens (primary N) is 1. The number of pyridine rings is 2. The number of imidazole rings is 2. The van der Waals surface area contributed by atoms with Crippen molar-refractivity contribution in [2.24, 2.45) is 17.6 Å². The number of carbonyl (C=O) groups is 3. The highest BCUT2D eigenvalue weighted by Gasteiger charge is 2.38.